The lowest BCUT2D eigenvalue weighted by Crippen LogP contribution is -2.27. The first-order valence-electron chi connectivity index (χ1n) is 4.84. The number of amides is 1. The Morgan fingerprint density at radius 1 is 1.53 bits per heavy atom. The second-order valence-electron chi connectivity index (χ2n) is 3.44. The maximum Gasteiger partial charge on any atom is 0.264 e. The summed E-state index contributed by atoms with van der Waals surface area (Å²) in [6.07, 6.45) is 2.50. The van der Waals surface area contributed by atoms with Gasteiger partial charge in [-0.05, 0) is 30.2 Å². The maximum absolute atomic E-state index is 11.6. The average molecular weight is 201 g/mol. The normalized spacial score (nSPS) is 13.8. The van der Waals surface area contributed by atoms with E-state index in [0.29, 0.717) is 5.56 Å². The van der Waals surface area contributed by atoms with Gasteiger partial charge < -0.3 is 5.32 Å². The second kappa shape index (κ2) is 4.11. The zero-order valence-corrected chi connectivity index (χ0v) is 8.21. The van der Waals surface area contributed by atoms with E-state index < -0.39 is 0 Å². The lowest BCUT2D eigenvalue weighted by atomic mass is 9.95. The van der Waals surface area contributed by atoms with E-state index in [4.69, 9.17) is 5.26 Å². The monoisotopic (exact) mass is 201 g/mol. The minimum Gasteiger partial charge on any atom is -0.312 e. The van der Waals surface area contributed by atoms with Gasteiger partial charge in [0.2, 0.25) is 0 Å². The van der Waals surface area contributed by atoms with E-state index in [2.05, 4.69) is 10.6 Å². The summed E-state index contributed by atoms with van der Waals surface area (Å²) < 4.78 is 0. The number of hydrogen-bond acceptors (Lipinski definition) is 3. The van der Waals surface area contributed by atoms with Crippen LogP contribution in [0, 0.1) is 11.5 Å². The highest BCUT2D eigenvalue weighted by atomic mass is 16.1. The molecular weight excluding hydrogens is 190 g/mol. The van der Waals surface area contributed by atoms with Crippen molar-refractivity contribution in [3.63, 3.8) is 0 Å². The van der Waals surface area contributed by atoms with Crippen molar-refractivity contribution in [1.29, 1.82) is 5.26 Å². The number of carbonyl (C=O) groups is 1. The minimum absolute atomic E-state index is 0.309. The molecule has 1 heterocycles. The molecule has 0 saturated carbocycles. The molecule has 4 nitrogen and oxygen atoms in total. The van der Waals surface area contributed by atoms with E-state index in [1.54, 1.807) is 12.3 Å². The Bertz CT molecular complexity index is 434. The van der Waals surface area contributed by atoms with E-state index in [0.717, 1.165) is 30.6 Å². The Morgan fingerprint density at radius 3 is 3.20 bits per heavy atom. The Balaban J connectivity index is 2.40. The smallest absolute Gasteiger partial charge is 0.264 e. The van der Waals surface area contributed by atoms with Crippen LogP contribution < -0.4 is 10.6 Å². The molecule has 0 aliphatic carbocycles. The fourth-order valence-electron chi connectivity index (χ4n) is 1.86. The number of benzene rings is 1. The topological polar surface area (TPSA) is 64.9 Å². The van der Waals surface area contributed by atoms with Gasteiger partial charge in [-0.15, -0.1) is 0 Å². The van der Waals surface area contributed by atoms with Crippen molar-refractivity contribution in [1.82, 2.24) is 10.6 Å². The molecule has 0 atom stereocenters. The van der Waals surface area contributed by atoms with Crippen molar-refractivity contribution in [2.24, 2.45) is 0 Å². The molecule has 1 aliphatic rings. The van der Waals surface area contributed by atoms with Crippen LogP contribution in [0.3, 0.4) is 0 Å². The quantitative estimate of drug-likeness (QED) is 0.515. The Kier molecular flexibility index (Phi) is 2.66. The van der Waals surface area contributed by atoms with Gasteiger partial charge in [-0.3, -0.25) is 10.1 Å². The number of nitrogens with one attached hydrogen (secondary N) is 2. The summed E-state index contributed by atoms with van der Waals surface area (Å²) in [5.41, 5.74) is 2.83. The van der Waals surface area contributed by atoms with E-state index in [1.165, 1.54) is 0 Å². The molecule has 0 fully saturated rings. The third-order valence-electron chi connectivity index (χ3n) is 2.55. The van der Waals surface area contributed by atoms with E-state index in [-0.39, 0.29) is 5.91 Å². The second-order valence-corrected chi connectivity index (χ2v) is 3.44. The van der Waals surface area contributed by atoms with Gasteiger partial charge in [0.25, 0.3) is 5.91 Å². The highest BCUT2D eigenvalue weighted by Gasteiger charge is 2.16. The molecule has 0 saturated heterocycles. The largest absolute Gasteiger partial charge is 0.312 e. The number of hydrogen-bond donors (Lipinski definition) is 2. The number of rotatable bonds is 1. The van der Waals surface area contributed by atoms with Crippen LogP contribution in [0.25, 0.3) is 0 Å². The first-order chi connectivity index (χ1) is 7.33. The summed E-state index contributed by atoms with van der Waals surface area (Å²) in [6.45, 7) is 1.67. The molecule has 2 N–H and O–H groups in total. The summed E-state index contributed by atoms with van der Waals surface area (Å²) in [7, 11) is 0. The van der Waals surface area contributed by atoms with Gasteiger partial charge in [0.1, 0.15) is 0 Å². The van der Waals surface area contributed by atoms with Gasteiger partial charge in [0, 0.05) is 12.1 Å². The highest BCUT2D eigenvalue weighted by molar-refractivity contribution is 5.96. The first kappa shape index (κ1) is 9.69. The summed E-state index contributed by atoms with van der Waals surface area (Å²) in [5.74, 6) is -0.309. The predicted molar refractivity (Wildman–Crippen MR) is 54.9 cm³/mol. The SMILES string of the molecule is N#CNC(=O)c1cccc2c1CCNC2. The predicted octanol–water partition coefficient (Wildman–Crippen LogP) is 0.543. The van der Waals surface area contributed by atoms with E-state index >= 15 is 0 Å². The maximum atomic E-state index is 11.6. The number of fused-ring (bicyclic) bond motifs is 1. The minimum atomic E-state index is -0.309. The van der Waals surface area contributed by atoms with Crippen LogP contribution in [0.4, 0.5) is 0 Å². The van der Waals surface area contributed by atoms with Crippen molar-refractivity contribution in [2.45, 2.75) is 13.0 Å². The summed E-state index contributed by atoms with van der Waals surface area (Å²) >= 11 is 0. The molecule has 76 valence electrons. The van der Waals surface area contributed by atoms with Crippen molar-refractivity contribution >= 4 is 5.91 Å². The van der Waals surface area contributed by atoms with Crippen LogP contribution in [0.15, 0.2) is 18.2 Å². The Hall–Kier alpha value is -1.86. The zero-order valence-electron chi connectivity index (χ0n) is 8.21. The van der Waals surface area contributed by atoms with Crippen molar-refractivity contribution in [3.8, 4) is 6.19 Å². The van der Waals surface area contributed by atoms with Gasteiger partial charge >= 0.3 is 0 Å². The van der Waals surface area contributed by atoms with Gasteiger partial charge in [-0.1, -0.05) is 12.1 Å². The molecular formula is C11H11N3O. The fraction of sp³-hybridized carbons (Fsp3) is 0.273. The van der Waals surface area contributed by atoms with Crippen LogP contribution in [-0.2, 0) is 13.0 Å². The number of nitriles is 1. The lowest BCUT2D eigenvalue weighted by Gasteiger charge is -2.19. The summed E-state index contributed by atoms with van der Waals surface area (Å²) in [6, 6.07) is 5.61. The molecule has 1 aromatic rings. The van der Waals surface area contributed by atoms with E-state index in [1.807, 2.05) is 12.1 Å². The molecule has 15 heavy (non-hydrogen) atoms. The van der Waals surface area contributed by atoms with Gasteiger partial charge in [0.15, 0.2) is 6.19 Å². The molecule has 0 unspecified atom stereocenters. The molecule has 4 heteroatoms. The number of nitrogens with zero attached hydrogens (tertiary/aromatic N) is 1. The van der Waals surface area contributed by atoms with Crippen LogP contribution in [0.5, 0.6) is 0 Å². The Labute approximate surface area is 87.9 Å². The summed E-state index contributed by atoms with van der Waals surface area (Å²) in [5, 5.41) is 13.8. The Morgan fingerprint density at radius 2 is 2.40 bits per heavy atom. The van der Waals surface area contributed by atoms with Gasteiger partial charge in [-0.2, -0.15) is 5.26 Å². The van der Waals surface area contributed by atoms with Crippen LogP contribution >= 0.6 is 0 Å². The standard InChI is InChI=1S/C11H11N3O/c12-7-14-11(15)10-3-1-2-8-6-13-5-4-9(8)10/h1-3,13H,4-6H2,(H,14,15). The third kappa shape index (κ3) is 1.83. The summed E-state index contributed by atoms with van der Waals surface area (Å²) in [4.78, 5) is 11.6. The van der Waals surface area contributed by atoms with Crippen molar-refractivity contribution in [3.05, 3.63) is 34.9 Å². The van der Waals surface area contributed by atoms with Crippen molar-refractivity contribution < 1.29 is 4.79 Å². The average Bonchev–Trinajstić information content (AvgIpc) is 2.28. The van der Waals surface area contributed by atoms with Crippen LogP contribution in [0.1, 0.15) is 21.5 Å². The van der Waals surface area contributed by atoms with E-state index in [9.17, 15) is 4.79 Å². The number of carbonyl (C=O) groups excluding carboxylic acids is 1. The molecule has 1 aromatic carbocycles. The molecule has 0 radical (unpaired) electrons. The molecule has 1 amide bonds. The van der Waals surface area contributed by atoms with Crippen LogP contribution in [-0.4, -0.2) is 12.5 Å². The first-order valence-corrected chi connectivity index (χ1v) is 4.84. The fourth-order valence-corrected chi connectivity index (χ4v) is 1.86. The van der Waals surface area contributed by atoms with Crippen molar-refractivity contribution in [2.75, 3.05) is 6.54 Å². The molecule has 0 spiro atoms. The molecule has 0 bridgehead atoms. The molecule has 0 aromatic heterocycles. The van der Waals surface area contributed by atoms with Gasteiger partial charge in [-0.25, -0.2) is 0 Å². The highest BCUT2D eigenvalue weighted by Crippen LogP contribution is 2.18. The molecule has 1 aliphatic heterocycles. The molecule has 2 rings (SSSR count). The van der Waals surface area contributed by atoms with Crippen LogP contribution in [0.2, 0.25) is 0 Å². The zero-order chi connectivity index (χ0) is 10.7. The third-order valence-corrected chi connectivity index (χ3v) is 2.55. The lowest BCUT2D eigenvalue weighted by molar-refractivity contribution is 0.0971. The van der Waals surface area contributed by atoms with Gasteiger partial charge in [0.05, 0.1) is 0 Å².